The van der Waals surface area contributed by atoms with Crippen molar-refractivity contribution in [3.63, 3.8) is 0 Å². The van der Waals surface area contributed by atoms with Gasteiger partial charge in [0.25, 0.3) is 0 Å². The van der Waals surface area contributed by atoms with E-state index >= 15 is 0 Å². The van der Waals surface area contributed by atoms with Gasteiger partial charge >= 0.3 is 0 Å². The number of carbonyl (C=O) groups is 1. The Morgan fingerprint density at radius 1 is 1.39 bits per heavy atom. The Morgan fingerprint density at radius 3 is 2.94 bits per heavy atom. The average Bonchev–Trinajstić information content (AvgIpc) is 2.36. The highest BCUT2D eigenvalue weighted by Crippen LogP contribution is 2.38. The normalized spacial score (nSPS) is 13.2. The highest BCUT2D eigenvalue weighted by atomic mass is 35.5. The summed E-state index contributed by atoms with van der Waals surface area (Å²) >= 11 is 6.10. The molecule has 0 atom stereocenters. The third-order valence-electron chi connectivity index (χ3n) is 2.59. The Hall–Kier alpha value is -1.42. The van der Waals surface area contributed by atoms with Gasteiger partial charge < -0.3 is 14.8 Å². The van der Waals surface area contributed by atoms with Crippen LogP contribution in [0.2, 0.25) is 5.02 Å². The van der Waals surface area contributed by atoms with Crippen molar-refractivity contribution in [1.29, 1.82) is 0 Å². The summed E-state index contributed by atoms with van der Waals surface area (Å²) in [7, 11) is 0. The second-order valence-electron chi connectivity index (χ2n) is 4.13. The summed E-state index contributed by atoms with van der Waals surface area (Å²) in [4.78, 5) is 11.6. The molecule has 5 heteroatoms. The van der Waals surface area contributed by atoms with Crippen LogP contribution in [0, 0.1) is 0 Å². The molecular formula is C13H16ClNO3. The van der Waals surface area contributed by atoms with E-state index in [4.69, 9.17) is 21.1 Å². The number of rotatable bonds is 4. The molecule has 1 aromatic carbocycles. The smallest absolute Gasteiger partial charge is 0.224 e. The summed E-state index contributed by atoms with van der Waals surface area (Å²) in [5.74, 6) is 1.18. The van der Waals surface area contributed by atoms with Crippen molar-refractivity contribution in [2.45, 2.75) is 19.8 Å². The molecule has 1 N–H and O–H groups in total. The largest absolute Gasteiger partial charge is 0.486 e. The Bertz CT molecular complexity index is 448. The van der Waals surface area contributed by atoms with Gasteiger partial charge in [-0.3, -0.25) is 4.79 Å². The third kappa shape index (κ3) is 3.07. The molecule has 0 spiro atoms. The van der Waals surface area contributed by atoms with Crippen LogP contribution in [0.3, 0.4) is 0 Å². The first kappa shape index (κ1) is 13.0. The maximum absolute atomic E-state index is 11.6. The first-order valence-corrected chi connectivity index (χ1v) is 6.43. The quantitative estimate of drug-likeness (QED) is 0.911. The number of amides is 1. The molecule has 0 saturated carbocycles. The fourth-order valence-corrected chi connectivity index (χ4v) is 2.07. The zero-order valence-corrected chi connectivity index (χ0v) is 11.0. The molecule has 1 aromatic rings. The molecule has 98 valence electrons. The molecule has 1 aliphatic rings. The van der Waals surface area contributed by atoms with E-state index in [-0.39, 0.29) is 5.91 Å². The predicted octanol–water partition coefficient (Wildman–Crippen LogP) is 2.18. The molecule has 0 aromatic heterocycles. The van der Waals surface area contributed by atoms with E-state index in [2.05, 4.69) is 5.32 Å². The molecule has 0 bridgehead atoms. The van der Waals surface area contributed by atoms with Crippen molar-refractivity contribution in [2.75, 3.05) is 19.8 Å². The van der Waals surface area contributed by atoms with Crippen LogP contribution in [0.1, 0.15) is 18.9 Å². The predicted molar refractivity (Wildman–Crippen MR) is 69.4 cm³/mol. The molecule has 0 aliphatic carbocycles. The summed E-state index contributed by atoms with van der Waals surface area (Å²) in [5.41, 5.74) is 0.831. The summed E-state index contributed by atoms with van der Waals surface area (Å²) in [5, 5.41) is 3.32. The molecule has 18 heavy (non-hydrogen) atoms. The van der Waals surface area contributed by atoms with Gasteiger partial charge in [-0.1, -0.05) is 18.5 Å². The van der Waals surface area contributed by atoms with Gasteiger partial charge in [0.15, 0.2) is 11.5 Å². The Balaban J connectivity index is 2.10. The summed E-state index contributed by atoms with van der Waals surface area (Å²) in [6.45, 7) is 3.72. The molecule has 0 saturated heterocycles. The Labute approximate surface area is 111 Å². The van der Waals surface area contributed by atoms with E-state index < -0.39 is 0 Å². The zero-order chi connectivity index (χ0) is 13.0. The lowest BCUT2D eigenvalue weighted by Crippen LogP contribution is -2.25. The number of ether oxygens (including phenoxy) is 2. The number of nitrogens with one attached hydrogen (secondary N) is 1. The summed E-state index contributed by atoms with van der Waals surface area (Å²) < 4.78 is 10.9. The van der Waals surface area contributed by atoms with Crippen LogP contribution in [0.5, 0.6) is 11.5 Å². The van der Waals surface area contributed by atoms with E-state index in [1.165, 1.54) is 0 Å². The second kappa shape index (κ2) is 5.96. The van der Waals surface area contributed by atoms with Crippen molar-refractivity contribution in [2.24, 2.45) is 0 Å². The first-order chi connectivity index (χ1) is 8.70. The topological polar surface area (TPSA) is 47.6 Å². The van der Waals surface area contributed by atoms with Gasteiger partial charge in [0.05, 0.1) is 11.4 Å². The monoisotopic (exact) mass is 269 g/mol. The second-order valence-corrected chi connectivity index (χ2v) is 4.54. The van der Waals surface area contributed by atoms with Crippen molar-refractivity contribution in [3.05, 3.63) is 22.7 Å². The number of hydrogen-bond donors (Lipinski definition) is 1. The fraction of sp³-hybridized carbons (Fsp3) is 0.462. The first-order valence-electron chi connectivity index (χ1n) is 6.05. The molecule has 2 rings (SSSR count). The van der Waals surface area contributed by atoms with E-state index in [0.29, 0.717) is 42.7 Å². The van der Waals surface area contributed by atoms with Gasteiger partial charge in [0, 0.05) is 6.54 Å². The number of hydrogen-bond acceptors (Lipinski definition) is 3. The molecule has 0 unspecified atom stereocenters. The van der Waals surface area contributed by atoms with E-state index in [1.54, 1.807) is 6.07 Å². The van der Waals surface area contributed by atoms with Gasteiger partial charge in [-0.25, -0.2) is 0 Å². The number of halogens is 1. The summed E-state index contributed by atoms with van der Waals surface area (Å²) in [6.07, 6.45) is 1.23. The van der Waals surface area contributed by atoms with E-state index in [9.17, 15) is 4.79 Å². The van der Waals surface area contributed by atoms with Gasteiger partial charge in [0.2, 0.25) is 5.91 Å². The Morgan fingerprint density at radius 2 is 2.17 bits per heavy atom. The minimum absolute atomic E-state index is 0.00963. The standard InChI is InChI=1S/C13H16ClNO3/c1-2-3-15-12(16)8-9-6-10(14)13-11(7-9)17-4-5-18-13/h6-7H,2-5,8H2,1H3,(H,15,16). The molecule has 1 amide bonds. The number of carbonyl (C=O) groups excluding carboxylic acids is 1. The van der Waals surface area contributed by atoms with Crippen molar-refractivity contribution in [3.8, 4) is 11.5 Å². The lowest BCUT2D eigenvalue weighted by Gasteiger charge is -2.20. The number of benzene rings is 1. The van der Waals surface area contributed by atoms with Gasteiger partial charge in [-0.15, -0.1) is 0 Å². The summed E-state index contributed by atoms with van der Waals surface area (Å²) in [6, 6.07) is 3.56. The number of fused-ring (bicyclic) bond motifs is 1. The van der Waals surface area contributed by atoms with Crippen LogP contribution in [0.4, 0.5) is 0 Å². The highest BCUT2D eigenvalue weighted by Gasteiger charge is 2.17. The minimum atomic E-state index is -0.00963. The van der Waals surface area contributed by atoms with Crippen molar-refractivity contribution < 1.29 is 14.3 Å². The minimum Gasteiger partial charge on any atom is -0.486 e. The molecular weight excluding hydrogens is 254 g/mol. The molecule has 0 radical (unpaired) electrons. The van der Waals surface area contributed by atoms with Crippen molar-refractivity contribution in [1.82, 2.24) is 5.32 Å². The molecule has 4 nitrogen and oxygen atoms in total. The highest BCUT2D eigenvalue weighted by molar-refractivity contribution is 6.32. The van der Waals surface area contributed by atoms with E-state index in [0.717, 1.165) is 12.0 Å². The van der Waals surface area contributed by atoms with E-state index in [1.807, 2.05) is 13.0 Å². The lowest BCUT2D eigenvalue weighted by molar-refractivity contribution is -0.120. The maximum atomic E-state index is 11.6. The van der Waals surface area contributed by atoms with Crippen LogP contribution < -0.4 is 14.8 Å². The van der Waals surface area contributed by atoms with Crippen LogP contribution in [-0.2, 0) is 11.2 Å². The van der Waals surface area contributed by atoms with Crippen LogP contribution in [0.25, 0.3) is 0 Å². The maximum Gasteiger partial charge on any atom is 0.224 e. The third-order valence-corrected chi connectivity index (χ3v) is 2.87. The fourth-order valence-electron chi connectivity index (χ4n) is 1.78. The lowest BCUT2D eigenvalue weighted by atomic mass is 10.1. The zero-order valence-electron chi connectivity index (χ0n) is 10.3. The van der Waals surface area contributed by atoms with Crippen LogP contribution in [-0.4, -0.2) is 25.7 Å². The molecule has 1 heterocycles. The van der Waals surface area contributed by atoms with Gasteiger partial charge in [-0.2, -0.15) is 0 Å². The molecule has 0 fully saturated rings. The van der Waals surface area contributed by atoms with Gasteiger partial charge in [-0.05, 0) is 24.1 Å². The average molecular weight is 270 g/mol. The van der Waals surface area contributed by atoms with Gasteiger partial charge in [0.1, 0.15) is 13.2 Å². The molecule has 1 aliphatic heterocycles. The Kier molecular flexibility index (Phi) is 4.31. The van der Waals surface area contributed by atoms with Crippen molar-refractivity contribution >= 4 is 17.5 Å². The SMILES string of the molecule is CCCNC(=O)Cc1cc(Cl)c2c(c1)OCCO2. The van der Waals surface area contributed by atoms with Crippen LogP contribution >= 0.6 is 11.6 Å². The van der Waals surface area contributed by atoms with Crippen LogP contribution in [0.15, 0.2) is 12.1 Å².